The summed E-state index contributed by atoms with van der Waals surface area (Å²) in [6.07, 6.45) is 6.54. The number of nitrogens with one attached hydrogen (secondary N) is 1. The number of aromatic nitrogens is 1. The van der Waals surface area contributed by atoms with E-state index in [4.69, 9.17) is 4.74 Å². The molecule has 4 heteroatoms. The average Bonchev–Trinajstić information content (AvgIpc) is 2.81. The van der Waals surface area contributed by atoms with Gasteiger partial charge in [0.1, 0.15) is 5.01 Å². The first-order chi connectivity index (χ1) is 8.78. The monoisotopic (exact) mass is 268 g/mol. The minimum atomic E-state index is 0.439. The van der Waals surface area contributed by atoms with Crippen LogP contribution in [0, 0.1) is 6.92 Å². The summed E-state index contributed by atoms with van der Waals surface area (Å²) in [7, 11) is 0. The fraction of sp³-hybridized carbons (Fsp3) is 0.786. The Morgan fingerprint density at radius 3 is 2.78 bits per heavy atom. The maximum atomic E-state index is 5.96. The van der Waals surface area contributed by atoms with Crippen LogP contribution in [0.1, 0.15) is 49.7 Å². The maximum Gasteiger partial charge on any atom is 0.119 e. The van der Waals surface area contributed by atoms with Gasteiger partial charge in [0.15, 0.2) is 0 Å². The zero-order valence-corrected chi connectivity index (χ0v) is 12.3. The second-order valence-electron chi connectivity index (χ2n) is 5.12. The Labute approximate surface area is 114 Å². The molecule has 1 aliphatic rings. The summed E-state index contributed by atoms with van der Waals surface area (Å²) >= 11 is 1.70. The number of aryl methyl sites for hydroxylation is 1. The molecule has 2 rings (SSSR count). The van der Waals surface area contributed by atoms with Crippen LogP contribution in [0.25, 0.3) is 0 Å². The lowest BCUT2D eigenvalue weighted by Crippen LogP contribution is -2.35. The summed E-state index contributed by atoms with van der Waals surface area (Å²) in [6.45, 7) is 6.09. The zero-order valence-electron chi connectivity index (χ0n) is 11.4. The Bertz CT molecular complexity index is 345. The molecule has 0 aliphatic heterocycles. The van der Waals surface area contributed by atoms with Gasteiger partial charge in [-0.3, -0.25) is 0 Å². The Morgan fingerprint density at radius 2 is 2.17 bits per heavy atom. The Balaban J connectivity index is 1.64. The minimum Gasteiger partial charge on any atom is -0.371 e. The highest BCUT2D eigenvalue weighted by molar-refractivity contribution is 7.09. The number of ether oxygens (including phenoxy) is 1. The molecule has 102 valence electrons. The van der Waals surface area contributed by atoms with E-state index in [-0.39, 0.29) is 0 Å². The lowest BCUT2D eigenvalue weighted by Gasteiger charge is -2.29. The molecule has 1 aliphatic carbocycles. The first-order valence-corrected chi connectivity index (χ1v) is 7.92. The minimum absolute atomic E-state index is 0.439. The number of thiazole rings is 1. The number of nitrogens with zero attached hydrogens (tertiary/aromatic N) is 1. The van der Waals surface area contributed by atoms with Gasteiger partial charge in [0.25, 0.3) is 0 Å². The molecule has 1 saturated carbocycles. The first kappa shape index (κ1) is 14.0. The molecule has 1 heterocycles. The van der Waals surface area contributed by atoms with Gasteiger partial charge in [0.2, 0.25) is 0 Å². The van der Waals surface area contributed by atoms with Crippen molar-refractivity contribution >= 4 is 11.3 Å². The smallest absolute Gasteiger partial charge is 0.119 e. The van der Waals surface area contributed by atoms with Gasteiger partial charge >= 0.3 is 0 Å². The number of rotatable bonds is 6. The summed E-state index contributed by atoms with van der Waals surface area (Å²) in [5.74, 6) is 0. The summed E-state index contributed by atoms with van der Waals surface area (Å²) in [6, 6.07) is 0.715. The molecule has 3 nitrogen and oxygen atoms in total. The molecule has 1 N–H and O–H groups in total. The van der Waals surface area contributed by atoms with Gasteiger partial charge in [-0.2, -0.15) is 0 Å². The van der Waals surface area contributed by atoms with Crippen LogP contribution in [-0.2, 0) is 11.3 Å². The van der Waals surface area contributed by atoms with Crippen molar-refractivity contribution in [1.29, 1.82) is 0 Å². The van der Waals surface area contributed by atoms with E-state index in [9.17, 15) is 0 Å². The third kappa shape index (κ3) is 4.34. The van der Waals surface area contributed by atoms with Crippen LogP contribution < -0.4 is 5.32 Å². The van der Waals surface area contributed by atoms with Crippen LogP contribution in [0.15, 0.2) is 5.38 Å². The van der Waals surface area contributed by atoms with Crippen LogP contribution in [0.2, 0.25) is 0 Å². The molecule has 0 saturated heterocycles. The normalized spacial score (nSPS) is 24.3. The van der Waals surface area contributed by atoms with E-state index in [0.29, 0.717) is 18.8 Å². The van der Waals surface area contributed by atoms with Gasteiger partial charge in [0, 0.05) is 17.1 Å². The van der Waals surface area contributed by atoms with Crippen molar-refractivity contribution in [3.05, 3.63) is 16.1 Å². The molecule has 0 unspecified atom stereocenters. The van der Waals surface area contributed by atoms with Crippen molar-refractivity contribution in [3.8, 4) is 0 Å². The molecule has 18 heavy (non-hydrogen) atoms. The number of hydrogen-bond donors (Lipinski definition) is 1. The van der Waals surface area contributed by atoms with Gasteiger partial charge in [-0.25, -0.2) is 4.98 Å². The maximum absolute atomic E-state index is 5.96. The predicted octanol–water partition coefficient (Wildman–Crippen LogP) is 3.28. The highest BCUT2D eigenvalue weighted by Gasteiger charge is 2.21. The SMILES string of the molecule is CCCNC1CCC(OCc2nc(C)cs2)CC1. The zero-order chi connectivity index (χ0) is 12.8. The van der Waals surface area contributed by atoms with E-state index in [0.717, 1.165) is 17.2 Å². The third-order valence-corrected chi connectivity index (χ3v) is 4.41. The summed E-state index contributed by atoms with van der Waals surface area (Å²) in [4.78, 5) is 4.43. The molecule has 0 spiro atoms. The van der Waals surface area contributed by atoms with Crippen LogP contribution in [0.5, 0.6) is 0 Å². The fourth-order valence-corrected chi connectivity index (χ4v) is 3.13. The van der Waals surface area contributed by atoms with E-state index in [1.165, 1.54) is 32.1 Å². The first-order valence-electron chi connectivity index (χ1n) is 7.04. The van der Waals surface area contributed by atoms with Gasteiger partial charge in [-0.15, -0.1) is 11.3 Å². The molecular weight excluding hydrogens is 244 g/mol. The van der Waals surface area contributed by atoms with Gasteiger partial charge < -0.3 is 10.1 Å². The third-order valence-electron chi connectivity index (χ3n) is 3.47. The second kappa shape index (κ2) is 7.22. The standard InChI is InChI=1S/C14H24N2OS/c1-3-8-15-12-4-6-13(7-5-12)17-9-14-16-11(2)10-18-14/h10,12-13,15H,3-9H2,1-2H3. The average molecular weight is 268 g/mol. The van der Waals surface area contributed by atoms with Crippen molar-refractivity contribution in [2.45, 2.75) is 64.7 Å². The summed E-state index contributed by atoms with van der Waals surface area (Å²) < 4.78 is 5.96. The molecule has 1 aromatic rings. The van der Waals surface area contributed by atoms with Crippen molar-refractivity contribution in [2.24, 2.45) is 0 Å². The predicted molar refractivity (Wildman–Crippen MR) is 76.0 cm³/mol. The second-order valence-corrected chi connectivity index (χ2v) is 6.06. The van der Waals surface area contributed by atoms with Gasteiger partial charge in [0.05, 0.1) is 12.7 Å². The Kier molecular flexibility index (Phi) is 5.60. The van der Waals surface area contributed by atoms with Crippen molar-refractivity contribution in [1.82, 2.24) is 10.3 Å². The summed E-state index contributed by atoms with van der Waals surface area (Å²) in [5.41, 5.74) is 1.10. The van der Waals surface area contributed by atoms with E-state index >= 15 is 0 Å². The Morgan fingerprint density at radius 1 is 1.39 bits per heavy atom. The number of hydrogen-bond acceptors (Lipinski definition) is 4. The van der Waals surface area contributed by atoms with Crippen molar-refractivity contribution in [3.63, 3.8) is 0 Å². The molecule has 1 aromatic heterocycles. The van der Waals surface area contributed by atoms with Crippen LogP contribution >= 0.6 is 11.3 Å². The van der Waals surface area contributed by atoms with Crippen molar-refractivity contribution < 1.29 is 4.74 Å². The lowest BCUT2D eigenvalue weighted by molar-refractivity contribution is 0.0112. The van der Waals surface area contributed by atoms with E-state index in [1.807, 2.05) is 6.92 Å². The summed E-state index contributed by atoms with van der Waals surface area (Å²) in [5, 5.41) is 6.80. The fourth-order valence-electron chi connectivity index (χ4n) is 2.44. The molecule has 0 bridgehead atoms. The highest BCUT2D eigenvalue weighted by atomic mass is 32.1. The van der Waals surface area contributed by atoms with Gasteiger partial charge in [-0.05, 0) is 45.6 Å². The highest BCUT2D eigenvalue weighted by Crippen LogP contribution is 2.22. The molecule has 1 fully saturated rings. The molecule has 0 aromatic carbocycles. The topological polar surface area (TPSA) is 34.1 Å². The van der Waals surface area contributed by atoms with Crippen molar-refractivity contribution in [2.75, 3.05) is 6.54 Å². The van der Waals surface area contributed by atoms with E-state index < -0.39 is 0 Å². The lowest BCUT2D eigenvalue weighted by atomic mass is 9.93. The quantitative estimate of drug-likeness (QED) is 0.859. The van der Waals surface area contributed by atoms with E-state index in [1.54, 1.807) is 11.3 Å². The van der Waals surface area contributed by atoms with Crippen LogP contribution in [-0.4, -0.2) is 23.7 Å². The molecule has 0 atom stereocenters. The van der Waals surface area contributed by atoms with Crippen LogP contribution in [0.4, 0.5) is 0 Å². The molecule has 0 radical (unpaired) electrons. The molecule has 0 amide bonds. The Hall–Kier alpha value is -0.450. The van der Waals surface area contributed by atoms with Crippen LogP contribution in [0.3, 0.4) is 0 Å². The molecular formula is C14H24N2OS. The van der Waals surface area contributed by atoms with Gasteiger partial charge in [-0.1, -0.05) is 6.92 Å². The largest absolute Gasteiger partial charge is 0.371 e. The van der Waals surface area contributed by atoms with E-state index in [2.05, 4.69) is 22.6 Å².